The van der Waals surface area contributed by atoms with Crippen molar-refractivity contribution in [2.45, 2.75) is 13.5 Å². The van der Waals surface area contributed by atoms with Crippen molar-refractivity contribution in [2.75, 3.05) is 12.4 Å². The number of halogens is 2. The zero-order valence-electron chi connectivity index (χ0n) is 11.2. The maximum atomic E-state index is 10.1. The Labute approximate surface area is 131 Å². The average Bonchev–Trinajstić information content (AvgIpc) is 2.41. The molecule has 2 aromatic rings. The lowest BCUT2D eigenvalue weighted by atomic mass is 10.1. The highest BCUT2D eigenvalue weighted by Crippen LogP contribution is 2.34. The van der Waals surface area contributed by atoms with Crippen LogP contribution in [0.5, 0.6) is 11.5 Å². The minimum Gasteiger partial charge on any atom is -0.504 e. The van der Waals surface area contributed by atoms with E-state index in [4.69, 9.17) is 16.3 Å². The Morgan fingerprint density at radius 2 is 2.05 bits per heavy atom. The summed E-state index contributed by atoms with van der Waals surface area (Å²) in [4.78, 5) is 0. The maximum absolute atomic E-state index is 10.1. The van der Waals surface area contributed by atoms with Gasteiger partial charge in [-0.3, -0.25) is 0 Å². The number of anilines is 1. The lowest BCUT2D eigenvalue weighted by Gasteiger charge is -2.13. The highest BCUT2D eigenvalue weighted by molar-refractivity contribution is 9.10. The standard InChI is InChI=1S/C15H15BrClNO2/c1-9-5-11(16)3-4-13(9)18-8-10-6-12(17)7-14(20-2)15(10)19/h3-7,18-19H,8H2,1-2H3. The van der Waals surface area contributed by atoms with E-state index in [2.05, 4.69) is 21.2 Å². The molecular weight excluding hydrogens is 342 g/mol. The van der Waals surface area contributed by atoms with E-state index in [1.807, 2.05) is 25.1 Å². The Morgan fingerprint density at radius 1 is 1.30 bits per heavy atom. The molecule has 0 atom stereocenters. The first-order chi connectivity index (χ1) is 9.51. The van der Waals surface area contributed by atoms with Crippen LogP contribution in [0.4, 0.5) is 5.69 Å². The van der Waals surface area contributed by atoms with E-state index in [9.17, 15) is 5.11 Å². The largest absolute Gasteiger partial charge is 0.504 e. The number of aromatic hydroxyl groups is 1. The van der Waals surface area contributed by atoms with Gasteiger partial charge in [-0.15, -0.1) is 0 Å². The maximum Gasteiger partial charge on any atom is 0.162 e. The van der Waals surface area contributed by atoms with Crippen molar-refractivity contribution >= 4 is 33.2 Å². The lowest BCUT2D eigenvalue weighted by Crippen LogP contribution is -2.02. The summed E-state index contributed by atoms with van der Waals surface area (Å²) >= 11 is 9.44. The molecule has 0 aliphatic rings. The topological polar surface area (TPSA) is 41.5 Å². The van der Waals surface area contributed by atoms with Gasteiger partial charge >= 0.3 is 0 Å². The molecule has 0 fully saturated rings. The molecule has 0 amide bonds. The van der Waals surface area contributed by atoms with Crippen molar-refractivity contribution in [2.24, 2.45) is 0 Å². The minimum atomic E-state index is 0.110. The van der Waals surface area contributed by atoms with E-state index in [1.54, 1.807) is 12.1 Å². The van der Waals surface area contributed by atoms with Crippen molar-refractivity contribution in [3.8, 4) is 11.5 Å². The van der Waals surface area contributed by atoms with Gasteiger partial charge in [0.1, 0.15) is 0 Å². The van der Waals surface area contributed by atoms with Gasteiger partial charge in [-0.2, -0.15) is 0 Å². The lowest BCUT2D eigenvalue weighted by molar-refractivity contribution is 0.371. The first-order valence-corrected chi connectivity index (χ1v) is 7.23. The van der Waals surface area contributed by atoms with Gasteiger partial charge in [-0.1, -0.05) is 27.5 Å². The number of nitrogens with one attached hydrogen (secondary N) is 1. The van der Waals surface area contributed by atoms with Crippen LogP contribution in [0.1, 0.15) is 11.1 Å². The number of benzene rings is 2. The van der Waals surface area contributed by atoms with Gasteiger partial charge in [0.15, 0.2) is 11.5 Å². The highest BCUT2D eigenvalue weighted by atomic mass is 79.9. The van der Waals surface area contributed by atoms with Crippen molar-refractivity contribution in [1.29, 1.82) is 0 Å². The molecule has 2 aromatic carbocycles. The van der Waals surface area contributed by atoms with E-state index in [0.717, 1.165) is 15.7 Å². The second-order valence-electron chi connectivity index (χ2n) is 4.43. The number of rotatable bonds is 4. The number of hydrogen-bond acceptors (Lipinski definition) is 3. The summed E-state index contributed by atoms with van der Waals surface area (Å²) in [7, 11) is 1.50. The molecule has 0 aliphatic carbocycles. The van der Waals surface area contributed by atoms with Gasteiger partial charge in [0, 0.05) is 33.4 Å². The molecule has 0 heterocycles. The summed E-state index contributed by atoms with van der Waals surface area (Å²) < 4.78 is 6.12. The van der Waals surface area contributed by atoms with E-state index >= 15 is 0 Å². The predicted octanol–water partition coefficient (Wildman–Crippen LogP) is 4.74. The molecular formula is C15H15BrClNO2. The number of hydrogen-bond donors (Lipinski definition) is 2. The van der Waals surface area contributed by atoms with Crippen LogP contribution in [0.2, 0.25) is 5.02 Å². The van der Waals surface area contributed by atoms with Crippen LogP contribution in [0.3, 0.4) is 0 Å². The Morgan fingerprint density at radius 3 is 2.70 bits per heavy atom. The molecule has 0 unspecified atom stereocenters. The van der Waals surface area contributed by atoms with Crippen molar-refractivity contribution in [3.63, 3.8) is 0 Å². The average molecular weight is 357 g/mol. The van der Waals surface area contributed by atoms with Crippen molar-refractivity contribution in [1.82, 2.24) is 0 Å². The van der Waals surface area contributed by atoms with Gasteiger partial charge in [0.05, 0.1) is 7.11 Å². The Bertz CT molecular complexity index is 632. The normalized spacial score (nSPS) is 10.4. The van der Waals surface area contributed by atoms with Gasteiger partial charge in [-0.05, 0) is 36.8 Å². The van der Waals surface area contributed by atoms with Crippen LogP contribution < -0.4 is 10.1 Å². The minimum absolute atomic E-state index is 0.110. The van der Waals surface area contributed by atoms with Crippen LogP contribution in [0.25, 0.3) is 0 Å². The molecule has 0 bridgehead atoms. The van der Waals surface area contributed by atoms with E-state index < -0.39 is 0 Å². The highest BCUT2D eigenvalue weighted by Gasteiger charge is 2.10. The number of methoxy groups -OCH3 is 1. The van der Waals surface area contributed by atoms with Crippen LogP contribution in [0, 0.1) is 6.92 Å². The van der Waals surface area contributed by atoms with E-state index in [0.29, 0.717) is 22.9 Å². The van der Waals surface area contributed by atoms with Crippen molar-refractivity contribution in [3.05, 3.63) is 51.0 Å². The number of aryl methyl sites for hydroxylation is 1. The fraction of sp³-hybridized carbons (Fsp3) is 0.200. The molecule has 20 heavy (non-hydrogen) atoms. The van der Waals surface area contributed by atoms with Crippen LogP contribution in [0.15, 0.2) is 34.8 Å². The van der Waals surface area contributed by atoms with Crippen molar-refractivity contribution < 1.29 is 9.84 Å². The summed E-state index contributed by atoms with van der Waals surface area (Å²) in [5.74, 6) is 0.487. The molecule has 5 heteroatoms. The molecule has 2 rings (SSSR count). The van der Waals surface area contributed by atoms with E-state index in [1.165, 1.54) is 7.11 Å². The third-order valence-corrected chi connectivity index (χ3v) is 3.71. The van der Waals surface area contributed by atoms with Crippen LogP contribution in [-0.2, 0) is 6.54 Å². The summed E-state index contributed by atoms with van der Waals surface area (Å²) in [6.45, 7) is 2.48. The third-order valence-electron chi connectivity index (χ3n) is 3.00. The molecule has 0 radical (unpaired) electrons. The smallest absolute Gasteiger partial charge is 0.162 e. The first-order valence-electron chi connectivity index (χ1n) is 6.06. The summed E-state index contributed by atoms with van der Waals surface area (Å²) in [5.41, 5.74) is 2.82. The van der Waals surface area contributed by atoms with Gasteiger partial charge in [0.25, 0.3) is 0 Å². The van der Waals surface area contributed by atoms with Crippen LogP contribution in [-0.4, -0.2) is 12.2 Å². The molecule has 0 aromatic heterocycles. The number of phenolic OH excluding ortho intramolecular Hbond substituents is 1. The fourth-order valence-electron chi connectivity index (χ4n) is 1.93. The molecule has 106 valence electrons. The molecule has 2 N–H and O–H groups in total. The molecule has 0 saturated heterocycles. The SMILES string of the molecule is COc1cc(Cl)cc(CNc2ccc(Br)cc2C)c1O. The third kappa shape index (κ3) is 3.38. The predicted molar refractivity (Wildman–Crippen MR) is 85.9 cm³/mol. The van der Waals surface area contributed by atoms with Gasteiger partial charge in [-0.25, -0.2) is 0 Å². The second kappa shape index (κ2) is 6.37. The van der Waals surface area contributed by atoms with E-state index in [-0.39, 0.29) is 5.75 Å². The van der Waals surface area contributed by atoms with Gasteiger partial charge in [0.2, 0.25) is 0 Å². The zero-order chi connectivity index (χ0) is 14.7. The molecule has 0 saturated carbocycles. The Hall–Kier alpha value is -1.39. The van der Waals surface area contributed by atoms with Gasteiger partial charge < -0.3 is 15.2 Å². The zero-order valence-corrected chi connectivity index (χ0v) is 13.5. The first kappa shape index (κ1) is 15.0. The molecule has 0 aliphatic heterocycles. The Balaban J connectivity index is 2.20. The second-order valence-corrected chi connectivity index (χ2v) is 5.78. The molecule has 0 spiro atoms. The summed E-state index contributed by atoms with van der Waals surface area (Å²) in [6.07, 6.45) is 0. The number of phenols is 1. The monoisotopic (exact) mass is 355 g/mol. The summed E-state index contributed by atoms with van der Waals surface area (Å²) in [6, 6.07) is 9.29. The van der Waals surface area contributed by atoms with Crippen LogP contribution >= 0.6 is 27.5 Å². The quantitative estimate of drug-likeness (QED) is 0.831. The fourth-order valence-corrected chi connectivity index (χ4v) is 2.64. The Kier molecular flexibility index (Phi) is 4.78. The number of ether oxygens (including phenoxy) is 1. The summed E-state index contributed by atoms with van der Waals surface area (Å²) in [5, 5.41) is 13.9. The molecule has 3 nitrogen and oxygen atoms in total.